The number of nitrogens with zero attached hydrogens (tertiary/aromatic N) is 6. The summed E-state index contributed by atoms with van der Waals surface area (Å²) >= 11 is 0. The molecule has 0 aromatic carbocycles. The molecule has 2 amide bonds. The van der Waals surface area contributed by atoms with Gasteiger partial charge < -0.3 is 20.7 Å². The summed E-state index contributed by atoms with van der Waals surface area (Å²) in [6.07, 6.45) is 8.67. The Kier molecular flexibility index (Phi) is 6.10. The van der Waals surface area contributed by atoms with Crippen molar-refractivity contribution in [3.05, 3.63) is 54.3 Å². The number of carbonyl (C=O) groups excluding carboxylic acids is 2. The Balaban J connectivity index is 1.72. The largest absolute Gasteiger partial charge is 0.383 e. The molecule has 0 radical (unpaired) electrons. The molecule has 4 heterocycles. The summed E-state index contributed by atoms with van der Waals surface area (Å²) in [5.41, 5.74) is 6.74. The molecule has 3 N–H and O–H groups in total. The highest BCUT2D eigenvalue weighted by atomic mass is 16.5. The minimum atomic E-state index is -0.649. The average molecular weight is 448 g/mol. The highest BCUT2D eigenvalue weighted by Gasteiger charge is 2.37. The van der Waals surface area contributed by atoms with Crippen LogP contribution in [0.1, 0.15) is 34.1 Å². The normalized spacial score (nSPS) is 17.6. The summed E-state index contributed by atoms with van der Waals surface area (Å²) in [7, 11) is 3.27. The van der Waals surface area contributed by atoms with E-state index in [0.717, 1.165) is 0 Å². The van der Waals surface area contributed by atoms with E-state index >= 15 is 0 Å². The van der Waals surface area contributed by atoms with Gasteiger partial charge in [-0.1, -0.05) is 12.5 Å². The lowest BCUT2D eigenvalue weighted by atomic mass is 10.1. The molecule has 2 atom stereocenters. The number of rotatable bonds is 6. The van der Waals surface area contributed by atoms with Gasteiger partial charge in [0.05, 0.1) is 24.3 Å². The molecule has 0 aliphatic carbocycles. The summed E-state index contributed by atoms with van der Waals surface area (Å²) < 4.78 is 8.72. The van der Waals surface area contributed by atoms with E-state index in [1.807, 2.05) is 0 Å². The van der Waals surface area contributed by atoms with Crippen molar-refractivity contribution in [2.24, 2.45) is 5.73 Å². The molecule has 1 fully saturated rings. The maximum absolute atomic E-state index is 12.3. The molecule has 33 heavy (non-hydrogen) atoms. The molecule has 0 spiro atoms. The summed E-state index contributed by atoms with van der Waals surface area (Å²) in [5, 5.41) is 7.62. The van der Waals surface area contributed by atoms with Crippen LogP contribution in [0.2, 0.25) is 0 Å². The summed E-state index contributed by atoms with van der Waals surface area (Å²) in [6, 6.07) is -0.340. The number of amides is 2. The van der Waals surface area contributed by atoms with Crippen LogP contribution in [0.4, 0.5) is 5.82 Å². The number of hydrogen-bond acceptors (Lipinski definition) is 7. The molecule has 1 unspecified atom stereocenters. The fourth-order valence-corrected chi connectivity index (χ4v) is 4.08. The van der Waals surface area contributed by atoms with E-state index in [4.69, 9.17) is 10.5 Å². The Morgan fingerprint density at radius 3 is 2.91 bits per heavy atom. The second-order valence-corrected chi connectivity index (χ2v) is 7.55. The number of hydrogen-bond donors (Lipinski definition) is 2. The Labute approximate surface area is 190 Å². The van der Waals surface area contributed by atoms with Crippen LogP contribution in [0, 0.1) is 11.8 Å². The zero-order chi connectivity index (χ0) is 23.5. The second-order valence-electron chi connectivity index (χ2n) is 7.55. The molecule has 3 aromatic rings. The van der Waals surface area contributed by atoms with Crippen molar-refractivity contribution in [1.82, 2.24) is 29.0 Å². The number of primary amides is 1. The second kappa shape index (κ2) is 9.13. The number of ether oxygens (including phenoxy) is 1. The van der Waals surface area contributed by atoms with Crippen molar-refractivity contribution >= 4 is 23.4 Å². The molecule has 11 heteroatoms. The van der Waals surface area contributed by atoms with E-state index in [2.05, 4.69) is 38.8 Å². The van der Waals surface area contributed by atoms with Gasteiger partial charge in [-0.25, -0.2) is 14.6 Å². The number of methoxy groups -OCH3 is 1. The highest BCUT2D eigenvalue weighted by Crippen LogP contribution is 2.32. The van der Waals surface area contributed by atoms with Crippen LogP contribution in [0.15, 0.2) is 37.4 Å². The minimum absolute atomic E-state index is 0.140. The Bertz CT molecular complexity index is 1280. The summed E-state index contributed by atoms with van der Waals surface area (Å²) in [5.74, 6) is 6.11. The number of aromatic nitrogens is 5. The van der Waals surface area contributed by atoms with Crippen LogP contribution in [0.5, 0.6) is 0 Å². The number of carbonyl (C=O) groups is 2. The monoisotopic (exact) mass is 448 g/mol. The maximum atomic E-state index is 12.3. The third kappa shape index (κ3) is 4.16. The van der Waals surface area contributed by atoms with Gasteiger partial charge in [0, 0.05) is 45.5 Å². The fraction of sp³-hybridized carbons (Fsp3) is 0.318. The predicted octanol–water partition coefficient (Wildman–Crippen LogP) is 0.441. The van der Waals surface area contributed by atoms with Gasteiger partial charge in [0.1, 0.15) is 11.4 Å². The maximum Gasteiger partial charge on any atom is 0.255 e. The number of fused-ring (bicyclic) bond motifs is 1. The standard InChI is InChI=1S/C22H24N8O3/c1-4-18(31)29-12-15(9-16(29)13-33-3)30-21(24-2)19(20(23)32)17(27-30)6-5-14-10-26-22-25-7-8-28(22)11-14/h4,7-8,10-11,15-16,24H,1,9,12-13H2,2-3H3,(H2,23,32)/t15?,16-/m1/s1. The zero-order valence-corrected chi connectivity index (χ0v) is 18.4. The van der Waals surface area contributed by atoms with Crippen molar-refractivity contribution in [3.63, 3.8) is 0 Å². The van der Waals surface area contributed by atoms with Gasteiger partial charge in [-0.2, -0.15) is 5.10 Å². The third-order valence-corrected chi connectivity index (χ3v) is 5.52. The smallest absolute Gasteiger partial charge is 0.255 e. The molecule has 1 saturated heterocycles. The number of nitrogens with one attached hydrogen (secondary N) is 1. The number of likely N-dealkylation sites (tertiary alicyclic amines) is 1. The zero-order valence-electron chi connectivity index (χ0n) is 18.4. The first-order valence-corrected chi connectivity index (χ1v) is 10.3. The quantitative estimate of drug-likeness (QED) is 0.413. The molecular weight excluding hydrogens is 424 g/mol. The van der Waals surface area contributed by atoms with Crippen LogP contribution in [0.25, 0.3) is 5.78 Å². The van der Waals surface area contributed by atoms with Gasteiger partial charge in [-0.3, -0.25) is 14.0 Å². The van der Waals surface area contributed by atoms with E-state index in [0.29, 0.717) is 36.7 Å². The van der Waals surface area contributed by atoms with Gasteiger partial charge >= 0.3 is 0 Å². The van der Waals surface area contributed by atoms with Gasteiger partial charge in [0.25, 0.3) is 5.91 Å². The number of anilines is 1. The van der Waals surface area contributed by atoms with E-state index < -0.39 is 5.91 Å². The first-order valence-electron chi connectivity index (χ1n) is 10.3. The van der Waals surface area contributed by atoms with Crippen LogP contribution in [0.3, 0.4) is 0 Å². The Morgan fingerprint density at radius 1 is 1.39 bits per heavy atom. The van der Waals surface area contributed by atoms with Gasteiger partial charge in [-0.05, 0) is 18.4 Å². The van der Waals surface area contributed by atoms with Crippen LogP contribution >= 0.6 is 0 Å². The molecule has 4 rings (SSSR count). The molecular formula is C22H24N8O3. The first kappa shape index (κ1) is 22.0. The third-order valence-electron chi connectivity index (χ3n) is 5.52. The van der Waals surface area contributed by atoms with E-state index in [9.17, 15) is 9.59 Å². The predicted molar refractivity (Wildman–Crippen MR) is 120 cm³/mol. The van der Waals surface area contributed by atoms with E-state index in [1.54, 1.807) is 52.9 Å². The van der Waals surface area contributed by atoms with Crippen LogP contribution < -0.4 is 11.1 Å². The first-order chi connectivity index (χ1) is 16.0. The summed E-state index contributed by atoms with van der Waals surface area (Å²) in [6.45, 7) is 4.35. The molecule has 0 saturated carbocycles. The van der Waals surface area contributed by atoms with E-state index in [1.165, 1.54) is 6.08 Å². The van der Waals surface area contributed by atoms with Gasteiger partial charge in [-0.15, -0.1) is 0 Å². The highest BCUT2D eigenvalue weighted by molar-refractivity contribution is 6.00. The molecule has 11 nitrogen and oxygen atoms in total. The van der Waals surface area contributed by atoms with Crippen LogP contribution in [-0.4, -0.2) is 74.2 Å². The van der Waals surface area contributed by atoms with Crippen molar-refractivity contribution in [1.29, 1.82) is 0 Å². The van der Waals surface area contributed by atoms with Crippen molar-refractivity contribution in [2.75, 3.05) is 32.6 Å². The SMILES string of the molecule is C=CC(=O)N1CC(n2nc(C#Cc3cnc4nccn4c3)c(C(N)=O)c2NC)C[C@@H]1COC. The lowest BCUT2D eigenvalue weighted by Gasteiger charge is -2.22. The van der Waals surface area contributed by atoms with Crippen molar-refractivity contribution in [2.45, 2.75) is 18.5 Å². The lowest BCUT2D eigenvalue weighted by Crippen LogP contribution is -2.37. The molecule has 170 valence electrons. The van der Waals surface area contributed by atoms with Crippen molar-refractivity contribution < 1.29 is 14.3 Å². The molecule has 1 aliphatic rings. The number of imidazole rings is 1. The Morgan fingerprint density at radius 2 is 2.21 bits per heavy atom. The van der Waals surface area contributed by atoms with E-state index in [-0.39, 0.29) is 29.2 Å². The average Bonchev–Trinajstić information content (AvgIpc) is 3.53. The topological polar surface area (TPSA) is 133 Å². The lowest BCUT2D eigenvalue weighted by molar-refractivity contribution is -0.127. The Hall–Kier alpha value is -4.17. The molecule has 3 aromatic heterocycles. The fourth-order valence-electron chi connectivity index (χ4n) is 4.08. The minimum Gasteiger partial charge on any atom is -0.383 e. The van der Waals surface area contributed by atoms with Gasteiger partial charge in [0.2, 0.25) is 11.7 Å². The van der Waals surface area contributed by atoms with Gasteiger partial charge in [0.15, 0.2) is 5.69 Å². The number of nitrogens with two attached hydrogens (primary N) is 1. The summed E-state index contributed by atoms with van der Waals surface area (Å²) in [4.78, 5) is 34.7. The molecule has 0 bridgehead atoms. The molecule has 1 aliphatic heterocycles. The van der Waals surface area contributed by atoms with Crippen molar-refractivity contribution in [3.8, 4) is 11.8 Å². The van der Waals surface area contributed by atoms with Crippen LogP contribution in [-0.2, 0) is 9.53 Å².